The summed E-state index contributed by atoms with van der Waals surface area (Å²) in [7, 11) is 0. The van der Waals surface area contributed by atoms with Crippen molar-refractivity contribution in [3.63, 3.8) is 0 Å². The highest BCUT2D eigenvalue weighted by molar-refractivity contribution is 6.44. The maximum atomic E-state index is 12.4. The van der Waals surface area contributed by atoms with Gasteiger partial charge >= 0.3 is 0 Å². The number of nitrogens with one attached hydrogen (secondary N) is 1. The summed E-state index contributed by atoms with van der Waals surface area (Å²) in [6.45, 7) is 1.31. The summed E-state index contributed by atoms with van der Waals surface area (Å²) in [5, 5.41) is 3.39. The van der Waals surface area contributed by atoms with E-state index in [9.17, 15) is 4.79 Å². The van der Waals surface area contributed by atoms with Gasteiger partial charge in [-0.1, -0.05) is 35.3 Å². The number of carbonyl (C=O) groups is 1. The fraction of sp³-hybridized carbons (Fsp3) is 0.278. The molecular formula is C18H17Cl2NO3. The van der Waals surface area contributed by atoms with Gasteiger partial charge in [-0.15, -0.1) is 0 Å². The lowest BCUT2D eigenvalue weighted by atomic mass is 10.2. The molecule has 1 aliphatic rings. The molecule has 1 unspecified atom stereocenters. The molecule has 1 aliphatic heterocycles. The highest BCUT2D eigenvalue weighted by Crippen LogP contribution is 2.27. The van der Waals surface area contributed by atoms with Crippen molar-refractivity contribution in [2.75, 3.05) is 18.5 Å². The number of carbonyl (C=O) groups excluding carboxylic acids is 1. The Morgan fingerprint density at radius 3 is 2.88 bits per heavy atom. The van der Waals surface area contributed by atoms with Crippen molar-refractivity contribution < 1.29 is 14.3 Å². The first-order valence-corrected chi connectivity index (χ1v) is 8.49. The van der Waals surface area contributed by atoms with E-state index in [0.29, 0.717) is 28.6 Å². The van der Waals surface area contributed by atoms with Crippen LogP contribution in [0, 0.1) is 0 Å². The number of anilines is 1. The molecule has 2 aromatic carbocycles. The van der Waals surface area contributed by atoms with E-state index in [-0.39, 0.29) is 17.0 Å². The fourth-order valence-electron chi connectivity index (χ4n) is 2.51. The molecule has 1 N–H and O–H groups in total. The summed E-state index contributed by atoms with van der Waals surface area (Å²) in [5.74, 6) is 0.360. The Kier molecular flexibility index (Phi) is 5.61. The molecule has 1 fully saturated rings. The number of rotatable bonds is 5. The maximum absolute atomic E-state index is 12.4. The molecule has 24 heavy (non-hydrogen) atoms. The molecule has 2 aromatic rings. The Bertz CT molecular complexity index is 730. The number of hydrogen-bond donors (Lipinski definition) is 1. The van der Waals surface area contributed by atoms with E-state index < -0.39 is 0 Å². The topological polar surface area (TPSA) is 47.6 Å². The van der Waals surface area contributed by atoms with Gasteiger partial charge < -0.3 is 14.8 Å². The summed E-state index contributed by atoms with van der Waals surface area (Å²) in [6.07, 6.45) is 2.24. The SMILES string of the molecule is O=C(Nc1cccc(OCC2CCCO2)c1)c1cccc(Cl)c1Cl. The molecule has 3 rings (SSSR count). The first-order chi connectivity index (χ1) is 11.6. The van der Waals surface area contributed by atoms with Crippen molar-refractivity contribution in [1.82, 2.24) is 0 Å². The van der Waals surface area contributed by atoms with Gasteiger partial charge in [-0.25, -0.2) is 0 Å². The maximum Gasteiger partial charge on any atom is 0.257 e. The number of amides is 1. The van der Waals surface area contributed by atoms with Crippen molar-refractivity contribution in [2.45, 2.75) is 18.9 Å². The molecule has 4 nitrogen and oxygen atoms in total. The van der Waals surface area contributed by atoms with Crippen molar-refractivity contribution in [1.29, 1.82) is 0 Å². The lowest BCUT2D eigenvalue weighted by molar-refractivity contribution is 0.0680. The smallest absolute Gasteiger partial charge is 0.257 e. The van der Waals surface area contributed by atoms with Gasteiger partial charge in [0, 0.05) is 18.4 Å². The second-order valence-corrected chi connectivity index (χ2v) is 6.31. The summed E-state index contributed by atoms with van der Waals surface area (Å²) in [4.78, 5) is 12.4. The van der Waals surface area contributed by atoms with Gasteiger partial charge in [0.25, 0.3) is 5.91 Å². The van der Waals surface area contributed by atoms with Gasteiger partial charge in [0.2, 0.25) is 0 Å². The molecule has 0 aromatic heterocycles. The Balaban J connectivity index is 1.65. The predicted molar refractivity (Wildman–Crippen MR) is 95.3 cm³/mol. The van der Waals surface area contributed by atoms with Crippen LogP contribution in [0.3, 0.4) is 0 Å². The molecule has 0 aliphatic carbocycles. The zero-order valence-corrected chi connectivity index (χ0v) is 14.4. The summed E-state index contributed by atoms with van der Waals surface area (Å²) in [5.41, 5.74) is 0.954. The van der Waals surface area contributed by atoms with Crippen LogP contribution >= 0.6 is 23.2 Å². The molecule has 126 valence electrons. The summed E-state index contributed by atoms with van der Waals surface area (Å²) < 4.78 is 11.3. The van der Waals surface area contributed by atoms with Crippen LogP contribution in [-0.2, 0) is 4.74 Å². The van der Waals surface area contributed by atoms with Crippen molar-refractivity contribution >= 4 is 34.8 Å². The molecule has 6 heteroatoms. The van der Waals surface area contributed by atoms with Crippen LogP contribution < -0.4 is 10.1 Å². The van der Waals surface area contributed by atoms with E-state index >= 15 is 0 Å². The molecule has 0 bridgehead atoms. The number of halogens is 2. The monoisotopic (exact) mass is 365 g/mol. The molecule has 1 atom stereocenters. The average molecular weight is 366 g/mol. The molecule has 1 saturated heterocycles. The minimum Gasteiger partial charge on any atom is -0.491 e. The zero-order valence-electron chi connectivity index (χ0n) is 12.9. The van der Waals surface area contributed by atoms with Crippen LogP contribution in [0.5, 0.6) is 5.75 Å². The Morgan fingerprint density at radius 1 is 1.25 bits per heavy atom. The third-order valence-corrected chi connectivity index (χ3v) is 4.57. The van der Waals surface area contributed by atoms with Crippen LogP contribution in [0.4, 0.5) is 5.69 Å². The second-order valence-electron chi connectivity index (χ2n) is 5.53. The van der Waals surface area contributed by atoms with Gasteiger partial charge in [-0.2, -0.15) is 0 Å². The lowest BCUT2D eigenvalue weighted by Gasteiger charge is -2.13. The Labute approximate surface area is 150 Å². The van der Waals surface area contributed by atoms with Crippen LogP contribution in [-0.4, -0.2) is 25.2 Å². The largest absolute Gasteiger partial charge is 0.491 e. The third-order valence-electron chi connectivity index (χ3n) is 3.75. The molecular weight excluding hydrogens is 349 g/mol. The molecule has 1 heterocycles. The number of hydrogen-bond acceptors (Lipinski definition) is 3. The highest BCUT2D eigenvalue weighted by Gasteiger charge is 2.16. The van der Waals surface area contributed by atoms with Gasteiger partial charge in [0.15, 0.2) is 0 Å². The van der Waals surface area contributed by atoms with Crippen LogP contribution in [0.2, 0.25) is 10.0 Å². The first-order valence-electron chi connectivity index (χ1n) is 7.73. The minimum absolute atomic E-state index is 0.147. The van der Waals surface area contributed by atoms with Crippen LogP contribution in [0.1, 0.15) is 23.2 Å². The quantitative estimate of drug-likeness (QED) is 0.827. The van der Waals surface area contributed by atoms with Gasteiger partial charge in [0.05, 0.1) is 21.7 Å². The molecule has 1 amide bonds. The minimum atomic E-state index is -0.321. The summed E-state index contributed by atoms with van der Waals surface area (Å²) >= 11 is 12.0. The first kappa shape index (κ1) is 17.1. The van der Waals surface area contributed by atoms with Gasteiger partial charge in [-0.05, 0) is 37.1 Å². The highest BCUT2D eigenvalue weighted by atomic mass is 35.5. The van der Waals surface area contributed by atoms with Gasteiger partial charge in [0.1, 0.15) is 12.4 Å². The zero-order chi connectivity index (χ0) is 16.9. The van der Waals surface area contributed by atoms with E-state index in [4.69, 9.17) is 32.7 Å². The molecule has 0 saturated carbocycles. The molecule has 0 radical (unpaired) electrons. The van der Waals surface area contributed by atoms with Crippen LogP contribution in [0.15, 0.2) is 42.5 Å². The Morgan fingerprint density at radius 2 is 2.08 bits per heavy atom. The summed E-state index contributed by atoms with van der Waals surface area (Å²) in [6, 6.07) is 12.2. The van der Waals surface area contributed by atoms with Gasteiger partial charge in [-0.3, -0.25) is 4.79 Å². The average Bonchev–Trinajstić information content (AvgIpc) is 3.09. The normalized spacial score (nSPS) is 16.8. The van der Waals surface area contributed by atoms with Crippen molar-refractivity contribution in [3.8, 4) is 5.75 Å². The molecule has 0 spiro atoms. The Hall–Kier alpha value is -1.75. The van der Waals surface area contributed by atoms with E-state index in [1.807, 2.05) is 12.1 Å². The van der Waals surface area contributed by atoms with E-state index in [0.717, 1.165) is 19.4 Å². The van der Waals surface area contributed by atoms with E-state index in [1.165, 1.54) is 0 Å². The number of ether oxygens (including phenoxy) is 2. The second kappa shape index (κ2) is 7.88. The van der Waals surface area contributed by atoms with Crippen LogP contribution in [0.25, 0.3) is 0 Å². The van der Waals surface area contributed by atoms with Crippen molar-refractivity contribution in [2.24, 2.45) is 0 Å². The van der Waals surface area contributed by atoms with Crippen molar-refractivity contribution in [3.05, 3.63) is 58.1 Å². The predicted octanol–water partition coefficient (Wildman–Crippen LogP) is 4.80. The standard InChI is InChI=1S/C18H17Cl2NO3/c19-16-8-2-7-15(17(16)20)18(22)21-12-4-1-5-13(10-12)24-11-14-6-3-9-23-14/h1-2,4-5,7-8,10,14H,3,6,9,11H2,(H,21,22). The lowest BCUT2D eigenvalue weighted by Crippen LogP contribution is -2.16. The number of benzene rings is 2. The third kappa shape index (κ3) is 4.20. The van der Waals surface area contributed by atoms with E-state index in [2.05, 4.69) is 5.32 Å². The van der Waals surface area contributed by atoms with E-state index in [1.54, 1.807) is 30.3 Å². The fourth-order valence-corrected chi connectivity index (χ4v) is 2.89.